The number of nitrogens with two attached hydrogens (primary N) is 1. The molecule has 0 radical (unpaired) electrons. The Bertz CT molecular complexity index is 932. The van der Waals surface area contributed by atoms with Crippen molar-refractivity contribution >= 4 is 23.9 Å². The standard InChI is InChI=1S/C19H32N2O2S.C7H8N2O3.C2H6/c1-19(2,3)23-18(22)20-10-15-7-13(8-16(15)11-20)12-24-21-6-4-5-14-9-17(14)21;8-7(10)5-1-6(12-9-5)4-2-11-3-4;1-2/h13-17H,4-12H2,1-3H3;1,4H,2-3H2,(H2,8,10);1-2H3. The summed E-state index contributed by atoms with van der Waals surface area (Å²) in [5.74, 6) is 4.94. The molecule has 2 N–H and O–H groups in total. The molecule has 5 fully saturated rings. The van der Waals surface area contributed by atoms with Gasteiger partial charge in [0.05, 0.1) is 19.1 Å². The minimum Gasteiger partial charge on any atom is -0.444 e. The van der Waals surface area contributed by atoms with Crippen LogP contribution in [0.15, 0.2) is 10.6 Å². The third kappa shape index (κ3) is 7.45. The van der Waals surface area contributed by atoms with E-state index in [-0.39, 0.29) is 23.3 Å². The highest BCUT2D eigenvalue weighted by molar-refractivity contribution is 7.97. The van der Waals surface area contributed by atoms with Crippen LogP contribution in [0, 0.1) is 23.7 Å². The first-order chi connectivity index (χ1) is 18.2. The molecular formula is C28H46N4O5S. The summed E-state index contributed by atoms with van der Waals surface area (Å²) >= 11 is 2.13. The number of carbonyl (C=O) groups excluding carboxylic acids is 2. The summed E-state index contributed by atoms with van der Waals surface area (Å²) in [7, 11) is 0. The zero-order valence-corrected chi connectivity index (χ0v) is 24.5. The van der Waals surface area contributed by atoms with E-state index in [0.29, 0.717) is 30.8 Å². The van der Waals surface area contributed by atoms with Gasteiger partial charge in [-0.1, -0.05) is 31.0 Å². The van der Waals surface area contributed by atoms with Gasteiger partial charge in [0, 0.05) is 37.5 Å². The monoisotopic (exact) mass is 550 g/mol. The number of likely N-dealkylation sites (tertiary alicyclic amines) is 1. The molecule has 6 rings (SSSR count). The summed E-state index contributed by atoms with van der Waals surface area (Å²) in [4.78, 5) is 24.8. The predicted octanol–water partition coefficient (Wildman–Crippen LogP) is 4.93. The molecule has 2 amide bonds. The van der Waals surface area contributed by atoms with Gasteiger partial charge in [-0.3, -0.25) is 4.79 Å². The van der Waals surface area contributed by atoms with Gasteiger partial charge in [0.1, 0.15) is 11.4 Å². The fourth-order valence-corrected chi connectivity index (χ4v) is 7.35. The molecule has 5 aliphatic rings. The van der Waals surface area contributed by atoms with Gasteiger partial charge in [-0.25, -0.2) is 9.10 Å². The Morgan fingerprint density at radius 3 is 2.37 bits per heavy atom. The average molecular weight is 551 g/mol. The normalized spacial score (nSPS) is 30.1. The second kappa shape index (κ2) is 12.6. The van der Waals surface area contributed by atoms with Crippen molar-refractivity contribution in [3.63, 3.8) is 0 Å². The Labute approximate surface area is 231 Å². The first kappa shape index (κ1) is 29.2. The van der Waals surface area contributed by atoms with E-state index >= 15 is 0 Å². The highest BCUT2D eigenvalue weighted by Gasteiger charge is 2.46. The summed E-state index contributed by atoms with van der Waals surface area (Å²) in [6.45, 7) is 14.2. The number of ether oxygens (including phenoxy) is 2. The van der Waals surface area contributed by atoms with E-state index in [0.717, 1.165) is 31.0 Å². The van der Waals surface area contributed by atoms with E-state index in [1.807, 2.05) is 39.5 Å². The molecule has 2 aliphatic carbocycles. The predicted molar refractivity (Wildman–Crippen MR) is 148 cm³/mol. The van der Waals surface area contributed by atoms with E-state index in [1.54, 1.807) is 6.07 Å². The Morgan fingerprint density at radius 1 is 1.13 bits per heavy atom. The van der Waals surface area contributed by atoms with E-state index in [1.165, 1.54) is 44.4 Å². The fourth-order valence-electron chi connectivity index (χ4n) is 5.97. The van der Waals surface area contributed by atoms with Crippen molar-refractivity contribution < 1.29 is 23.6 Å². The van der Waals surface area contributed by atoms with Crippen LogP contribution >= 0.6 is 11.9 Å². The Hall–Kier alpha value is -1.78. The second-order valence-corrected chi connectivity index (χ2v) is 13.2. The van der Waals surface area contributed by atoms with Crippen LogP contribution in [0.1, 0.15) is 88.9 Å². The number of nitrogens with zero attached hydrogens (tertiary/aromatic N) is 3. The van der Waals surface area contributed by atoms with Gasteiger partial charge < -0.3 is 24.6 Å². The van der Waals surface area contributed by atoms with Crippen molar-refractivity contribution in [2.24, 2.45) is 29.4 Å². The van der Waals surface area contributed by atoms with Crippen LogP contribution in [0.2, 0.25) is 0 Å². The molecule has 3 saturated heterocycles. The number of piperidine rings is 1. The highest BCUT2D eigenvalue weighted by atomic mass is 32.2. The molecule has 38 heavy (non-hydrogen) atoms. The zero-order chi connectivity index (χ0) is 27.4. The minimum absolute atomic E-state index is 0.115. The Balaban J connectivity index is 0.000000201. The fraction of sp³-hybridized carbons (Fsp3) is 0.821. The molecule has 0 aromatic carbocycles. The number of rotatable bonds is 5. The van der Waals surface area contributed by atoms with Gasteiger partial charge in [0.25, 0.3) is 5.91 Å². The quantitative estimate of drug-likeness (QED) is 0.514. The van der Waals surface area contributed by atoms with E-state index < -0.39 is 5.91 Å². The topological polar surface area (TPSA) is 111 Å². The van der Waals surface area contributed by atoms with E-state index in [2.05, 4.69) is 21.4 Å². The van der Waals surface area contributed by atoms with Gasteiger partial charge in [-0.2, -0.15) is 0 Å². The van der Waals surface area contributed by atoms with Gasteiger partial charge in [0.2, 0.25) is 0 Å². The molecule has 4 unspecified atom stereocenters. The first-order valence-electron chi connectivity index (χ1n) is 14.4. The second-order valence-electron chi connectivity index (χ2n) is 12.1. The third-order valence-corrected chi connectivity index (χ3v) is 9.41. The van der Waals surface area contributed by atoms with Gasteiger partial charge in [-0.05, 0) is 76.5 Å². The molecule has 9 nitrogen and oxygen atoms in total. The molecule has 1 aromatic heterocycles. The molecular weight excluding hydrogens is 504 g/mol. The first-order valence-corrected chi connectivity index (χ1v) is 15.3. The molecule has 0 spiro atoms. The number of primary amides is 1. The third-order valence-electron chi connectivity index (χ3n) is 8.01. The van der Waals surface area contributed by atoms with Crippen molar-refractivity contribution in [1.29, 1.82) is 0 Å². The lowest BCUT2D eigenvalue weighted by Crippen LogP contribution is -2.36. The van der Waals surface area contributed by atoms with Crippen molar-refractivity contribution in [3.05, 3.63) is 17.5 Å². The van der Waals surface area contributed by atoms with Crippen molar-refractivity contribution in [3.8, 4) is 0 Å². The van der Waals surface area contributed by atoms with Crippen LogP contribution in [0.3, 0.4) is 0 Å². The summed E-state index contributed by atoms with van der Waals surface area (Å²) in [6.07, 6.45) is 6.81. The summed E-state index contributed by atoms with van der Waals surface area (Å²) in [6, 6.07) is 2.47. The van der Waals surface area contributed by atoms with Gasteiger partial charge in [-0.15, -0.1) is 0 Å². The highest BCUT2D eigenvalue weighted by Crippen LogP contribution is 2.48. The summed E-state index contributed by atoms with van der Waals surface area (Å²) in [5, 5.41) is 3.51. The Morgan fingerprint density at radius 2 is 1.82 bits per heavy atom. The molecule has 214 valence electrons. The maximum atomic E-state index is 12.2. The molecule has 0 bridgehead atoms. The van der Waals surface area contributed by atoms with Crippen LogP contribution in [0.5, 0.6) is 0 Å². The van der Waals surface area contributed by atoms with Crippen LogP contribution in [0.4, 0.5) is 4.79 Å². The maximum Gasteiger partial charge on any atom is 0.410 e. The lowest BCUT2D eigenvalue weighted by molar-refractivity contribution is -0.00228. The van der Waals surface area contributed by atoms with Crippen LogP contribution in [0.25, 0.3) is 0 Å². The van der Waals surface area contributed by atoms with Crippen molar-refractivity contribution in [2.45, 2.75) is 84.3 Å². The molecule has 4 heterocycles. The zero-order valence-electron chi connectivity index (χ0n) is 23.7. The minimum atomic E-state index is -0.565. The van der Waals surface area contributed by atoms with Gasteiger partial charge >= 0.3 is 6.09 Å². The molecule has 10 heteroatoms. The summed E-state index contributed by atoms with van der Waals surface area (Å²) in [5.41, 5.74) is 4.79. The molecule has 1 aromatic rings. The molecule has 3 aliphatic heterocycles. The number of carbonyl (C=O) groups is 2. The maximum absolute atomic E-state index is 12.2. The van der Waals surface area contributed by atoms with Crippen LogP contribution in [-0.2, 0) is 9.47 Å². The number of amides is 2. The van der Waals surface area contributed by atoms with E-state index in [4.69, 9.17) is 19.7 Å². The number of aromatic nitrogens is 1. The van der Waals surface area contributed by atoms with Gasteiger partial charge in [0.15, 0.2) is 5.69 Å². The lowest BCUT2D eigenvalue weighted by atomic mass is 10.0. The van der Waals surface area contributed by atoms with E-state index in [9.17, 15) is 9.59 Å². The van der Waals surface area contributed by atoms with Crippen LogP contribution < -0.4 is 5.73 Å². The SMILES string of the molecule is CC.CC(C)(C)OC(=O)N1CC2CC(CSN3CCCC4CC43)CC2C1.NC(=O)c1cc(C2COC2)on1. The molecule has 2 saturated carbocycles. The van der Waals surface area contributed by atoms with Crippen molar-refractivity contribution in [1.82, 2.24) is 14.4 Å². The van der Waals surface area contributed by atoms with Crippen LogP contribution in [-0.4, -0.2) is 76.6 Å². The average Bonchev–Trinajstić information content (AvgIpc) is 3.12. The van der Waals surface area contributed by atoms with Crippen molar-refractivity contribution in [2.75, 3.05) is 38.6 Å². The molecule has 4 atom stereocenters. The lowest BCUT2D eigenvalue weighted by Gasteiger charge is -2.27. The number of hydrogen-bond acceptors (Lipinski definition) is 8. The smallest absolute Gasteiger partial charge is 0.410 e. The Kier molecular flexibility index (Phi) is 9.68. The largest absolute Gasteiger partial charge is 0.444 e. The number of fused-ring (bicyclic) bond motifs is 2. The number of hydrogen-bond donors (Lipinski definition) is 1. The summed E-state index contributed by atoms with van der Waals surface area (Å²) < 4.78 is 18.1.